The van der Waals surface area contributed by atoms with Crippen LogP contribution in [0.5, 0.6) is 0 Å². The van der Waals surface area contributed by atoms with E-state index in [0.717, 1.165) is 6.42 Å². The average Bonchev–Trinajstić information content (AvgIpc) is 2.88. The number of carbonyl (C=O) groups is 1. The molecule has 0 aliphatic carbocycles. The molecule has 0 aromatic heterocycles. The summed E-state index contributed by atoms with van der Waals surface area (Å²) in [5.41, 5.74) is -0.457. The van der Waals surface area contributed by atoms with Crippen molar-refractivity contribution in [1.82, 2.24) is 4.90 Å². The van der Waals surface area contributed by atoms with Gasteiger partial charge in [-0.2, -0.15) is 5.26 Å². The van der Waals surface area contributed by atoms with Crippen molar-refractivity contribution < 1.29 is 9.53 Å². The van der Waals surface area contributed by atoms with Gasteiger partial charge in [0.25, 0.3) is 0 Å². The Hall–Kier alpha value is -2.02. The minimum Gasteiger partial charge on any atom is -0.444 e. The maximum absolute atomic E-state index is 11.5. The van der Waals surface area contributed by atoms with Gasteiger partial charge in [0.05, 0.1) is 12.0 Å². The Balaban J connectivity index is 0.000000276. The van der Waals surface area contributed by atoms with Gasteiger partial charge < -0.3 is 9.64 Å². The standard InChI is InChI=1S/C10H16N2O2.C6H6/c1-10(2,3)14-9(13)12-5-4-8(6-11)7-12;1-2-4-6-5-3-1/h8H,4-5,7H2,1-3H3;1-6H. The molecule has 1 heterocycles. The lowest BCUT2D eigenvalue weighted by molar-refractivity contribution is 0.0291. The van der Waals surface area contributed by atoms with E-state index in [9.17, 15) is 4.79 Å². The van der Waals surface area contributed by atoms with Gasteiger partial charge in [0.15, 0.2) is 0 Å². The molecule has 1 aliphatic rings. The van der Waals surface area contributed by atoms with Crippen LogP contribution in [0, 0.1) is 17.2 Å². The molecule has 0 spiro atoms. The molecule has 0 bridgehead atoms. The summed E-state index contributed by atoms with van der Waals surface area (Å²) in [5, 5.41) is 8.67. The lowest BCUT2D eigenvalue weighted by atomic mass is 10.1. The lowest BCUT2D eigenvalue weighted by Gasteiger charge is -2.24. The SMILES string of the molecule is CC(C)(C)OC(=O)N1CCC(C#N)C1.c1ccccc1. The van der Waals surface area contributed by atoms with Crippen LogP contribution in [0.15, 0.2) is 36.4 Å². The third-order valence-corrected chi connectivity index (χ3v) is 2.69. The van der Waals surface area contributed by atoms with E-state index in [0.29, 0.717) is 13.1 Å². The second-order valence-electron chi connectivity index (χ2n) is 5.70. The Bertz CT molecular complexity index is 419. The molecule has 2 rings (SSSR count). The molecule has 4 heteroatoms. The number of amides is 1. The lowest BCUT2D eigenvalue weighted by Crippen LogP contribution is -2.35. The van der Waals surface area contributed by atoms with Crippen molar-refractivity contribution in [3.8, 4) is 6.07 Å². The molecule has 108 valence electrons. The summed E-state index contributed by atoms with van der Waals surface area (Å²) in [5.74, 6) is -0.0254. The third kappa shape index (κ3) is 6.24. The summed E-state index contributed by atoms with van der Waals surface area (Å²) < 4.78 is 5.19. The van der Waals surface area contributed by atoms with Gasteiger partial charge >= 0.3 is 6.09 Å². The van der Waals surface area contributed by atoms with Crippen molar-refractivity contribution >= 4 is 6.09 Å². The monoisotopic (exact) mass is 274 g/mol. The molecule has 1 aliphatic heterocycles. The van der Waals surface area contributed by atoms with Gasteiger partial charge in [0.1, 0.15) is 5.60 Å². The summed E-state index contributed by atoms with van der Waals surface area (Å²) in [4.78, 5) is 13.1. The average molecular weight is 274 g/mol. The fraction of sp³-hybridized carbons (Fsp3) is 0.500. The van der Waals surface area contributed by atoms with E-state index in [4.69, 9.17) is 10.00 Å². The number of benzene rings is 1. The second kappa shape index (κ2) is 7.54. The minimum atomic E-state index is -0.457. The van der Waals surface area contributed by atoms with Gasteiger partial charge in [0, 0.05) is 13.1 Å². The molecule has 1 aromatic rings. The van der Waals surface area contributed by atoms with Gasteiger partial charge in [-0.1, -0.05) is 36.4 Å². The maximum atomic E-state index is 11.5. The number of hydrogen-bond acceptors (Lipinski definition) is 3. The Morgan fingerprint density at radius 2 is 1.70 bits per heavy atom. The van der Waals surface area contributed by atoms with Crippen molar-refractivity contribution in [3.63, 3.8) is 0 Å². The number of ether oxygens (including phenoxy) is 1. The fourth-order valence-corrected chi connectivity index (χ4v) is 1.74. The topological polar surface area (TPSA) is 53.3 Å². The molecule has 20 heavy (non-hydrogen) atoms. The van der Waals surface area contributed by atoms with E-state index in [1.807, 2.05) is 57.2 Å². The van der Waals surface area contributed by atoms with Crippen LogP contribution in [0.3, 0.4) is 0 Å². The summed E-state index contributed by atoms with van der Waals surface area (Å²) in [7, 11) is 0. The summed E-state index contributed by atoms with van der Waals surface area (Å²) in [6, 6.07) is 14.2. The van der Waals surface area contributed by atoms with E-state index in [2.05, 4.69) is 6.07 Å². The molecular formula is C16H22N2O2. The van der Waals surface area contributed by atoms with Crippen molar-refractivity contribution in [2.24, 2.45) is 5.92 Å². The van der Waals surface area contributed by atoms with Gasteiger partial charge in [-0.05, 0) is 27.2 Å². The number of likely N-dealkylation sites (tertiary alicyclic amines) is 1. The van der Waals surface area contributed by atoms with Crippen molar-refractivity contribution in [3.05, 3.63) is 36.4 Å². The Morgan fingerprint density at radius 3 is 2.05 bits per heavy atom. The number of nitriles is 1. The molecule has 4 nitrogen and oxygen atoms in total. The highest BCUT2D eigenvalue weighted by molar-refractivity contribution is 5.68. The Kier molecular flexibility index (Phi) is 6.05. The maximum Gasteiger partial charge on any atom is 0.410 e. The molecule has 1 aromatic carbocycles. The smallest absolute Gasteiger partial charge is 0.410 e. The molecular weight excluding hydrogens is 252 g/mol. The van der Waals surface area contributed by atoms with Gasteiger partial charge in [0.2, 0.25) is 0 Å². The Labute approximate surface area is 121 Å². The zero-order chi connectivity index (χ0) is 15.0. The van der Waals surface area contributed by atoms with Crippen molar-refractivity contribution in [1.29, 1.82) is 5.26 Å². The first-order valence-corrected chi connectivity index (χ1v) is 6.80. The quantitative estimate of drug-likeness (QED) is 0.728. The van der Waals surface area contributed by atoms with E-state index < -0.39 is 5.60 Å². The predicted octanol–water partition coefficient (Wildman–Crippen LogP) is 3.45. The normalized spacial score (nSPS) is 17.7. The van der Waals surface area contributed by atoms with Crippen LogP contribution in [-0.4, -0.2) is 29.7 Å². The highest BCUT2D eigenvalue weighted by Gasteiger charge is 2.29. The highest BCUT2D eigenvalue weighted by Crippen LogP contribution is 2.18. The van der Waals surface area contributed by atoms with E-state index in [1.165, 1.54) is 0 Å². The van der Waals surface area contributed by atoms with Crippen LogP contribution >= 0.6 is 0 Å². The third-order valence-electron chi connectivity index (χ3n) is 2.69. The largest absolute Gasteiger partial charge is 0.444 e. The van der Waals surface area contributed by atoms with E-state index in [-0.39, 0.29) is 12.0 Å². The number of nitrogens with zero attached hydrogens (tertiary/aromatic N) is 2. The number of carbonyl (C=O) groups excluding carboxylic acids is 1. The second-order valence-corrected chi connectivity index (χ2v) is 5.70. The number of rotatable bonds is 0. The van der Waals surface area contributed by atoms with Crippen LogP contribution in [0.2, 0.25) is 0 Å². The fourth-order valence-electron chi connectivity index (χ4n) is 1.74. The summed E-state index contributed by atoms with van der Waals surface area (Å²) in [6.45, 7) is 6.65. The minimum absolute atomic E-state index is 0.0254. The van der Waals surface area contributed by atoms with Crippen LogP contribution in [0.25, 0.3) is 0 Å². The molecule has 1 fully saturated rings. The van der Waals surface area contributed by atoms with Crippen molar-refractivity contribution in [2.45, 2.75) is 32.8 Å². The predicted molar refractivity (Wildman–Crippen MR) is 78.0 cm³/mol. The zero-order valence-electron chi connectivity index (χ0n) is 12.4. The summed E-state index contributed by atoms with van der Waals surface area (Å²) in [6.07, 6.45) is 0.450. The Morgan fingerprint density at radius 1 is 1.20 bits per heavy atom. The van der Waals surface area contributed by atoms with E-state index in [1.54, 1.807) is 4.90 Å². The first-order chi connectivity index (χ1) is 9.42. The molecule has 1 unspecified atom stereocenters. The molecule has 0 saturated carbocycles. The van der Waals surface area contributed by atoms with Crippen LogP contribution < -0.4 is 0 Å². The molecule has 1 atom stereocenters. The molecule has 0 N–H and O–H groups in total. The molecule has 1 saturated heterocycles. The van der Waals surface area contributed by atoms with Gasteiger partial charge in [-0.25, -0.2) is 4.79 Å². The summed E-state index contributed by atoms with van der Waals surface area (Å²) >= 11 is 0. The first kappa shape index (κ1) is 16.0. The zero-order valence-corrected chi connectivity index (χ0v) is 12.4. The van der Waals surface area contributed by atoms with Gasteiger partial charge in [-0.3, -0.25) is 0 Å². The highest BCUT2D eigenvalue weighted by atomic mass is 16.6. The van der Waals surface area contributed by atoms with Gasteiger partial charge in [-0.15, -0.1) is 0 Å². The molecule has 1 amide bonds. The van der Waals surface area contributed by atoms with Crippen molar-refractivity contribution in [2.75, 3.05) is 13.1 Å². The molecule has 0 radical (unpaired) electrons. The van der Waals surface area contributed by atoms with Crippen LogP contribution in [-0.2, 0) is 4.74 Å². The first-order valence-electron chi connectivity index (χ1n) is 6.80. The van der Waals surface area contributed by atoms with Crippen LogP contribution in [0.4, 0.5) is 4.79 Å². The van der Waals surface area contributed by atoms with E-state index >= 15 is 0 Å². The van der Waals surface area contributed by atoms with Crippen LogP contribution in [0.1, 0.15) is 27.2 Å². The number of hydrogen-bond donors (Lipinski definition) is 0.